The normalized spacial score (nSPS) is 11.1. The number of nitrogens with one attached hydrogen (secondary N) is 2. The first-order chi connectivity index (χ1) is 8.20. The van der Waals surface area contributed by atoms with Crippen LogP contribution >= 0.6 is 0 Å². The molecule has 0 bridgehead atoms. The van der Waals surface area contributed by atoms with Crippen LogP contribution in [0.2, 0.25) is 0 Å². The summed E-state index contributed by atoms with van der Waals surface area (Å²) >= 11 is 0. The van der Waals surface area contributed by atoms with Crippen molar-refractivity contribution in [2.24, 2.45) is 0 Å². The molecule has 0 saturated heterocycles. The molecule has 1 aromatic carbocycles. The zero-order valence-electron chi connectivity index (χ0n) is 10.6. The number of hydrogen-bond acceptors (Lipinski definition) is 2. The molecule has 3 heteroatoms. The van der Waals surface area contributed by atoms with E-state index in [4.69, 9.17) is 0 Å². The number of aromatic amines is 1. The maximum Gasteiger partial charge on any atom is 0.120 e. The molecular formula is C14H19N3. The lowest BCUT2D eigenvalue weighted by atomic mass is 10.0. The van der Waals surface area contributed by atoms with Gasteiger partial charge in [-0.3, -0.25) is 0 Å². The van der Waals surface area contributed by atoms with Crippen LogP contribution in [0.3, 0.4) is 0 Å². The Hall–Kier alpha value is -1.61. The Morgan fingerprint density at radius 2 is 1.94 bits per heavy atom. The van der Waals surface area contributed by atoms with Gasteiger partial charge in [-0.25, -0.2) is 4.98 Å². The highest BCUT2D eigenvalue weighted by molar-refractivity contribution is 5.58. The zero-order valence-corrected chi connectivity index (χ0v) is 10.6. The van der Waals surface area contributed by atoms with Crippen LogP contribution in [-0.4, -0.2) is 17.0 Å². The number of aromatic nitrogens is 2. The van der Waals surface area contributed by atoms with Gasteiger partial charge in [0.1, 0.15) is 5.82 Å². The zero-order chi connectivity index (χ0) is 12.3. The fraction of sp³-hybridized carbons (Fsp3) is 0.357. The second-order valence-electron chi connectivity index (χ2n) is 4.55. The first-order valence-electron chi connectivity index (χ1n) is 5.99. The Morgan fingerprint density at radius 1 is 1.24 bits per heavy atom. The molecular weight excluding hydrogens is 210 g/mol. The van der Waals surface area contributed by atoms with Crippen molar-refractivity contribution in [1.29, 1.82) is 0 Å². The second kappa shape index (κ2) is 5.15. The highest BCUT2D eigenvalue weighted by Crippen LogP contribution is 2.21. The molecule has 2 N–H and O–H groups in total. The van der Waals surface area contributed by atoms with Gasteiger partial charge in [0.15, 0.2) is 0 Å². The van der Waals surface area contributed by atoms with E-state index in [-0.39, 0.29) is 0 Å². The Kier molecular flexibility index (Phi) is 3.59. The van der Waals surface area contributed by atoms with Crippen molar-refractivity contribution in [3.63, 3.8) is 0 Å². The van der Waals surface area contributed by atoms with Crippen molar-refractivity contribution in [3.8, 4) is 11.3 Å². The largest absolute Gasteiger partial charge is 0.341 e. The predicted molar refractivity (Wildman–Crippen MR) is 70.9 cm³/mol. The van der Waals surface area contributed by atoms with E-state index in [0.29, 0.717) is 5.92 Å². The third-order valence-corrected chi connectivity index (χ3v) is 2.86. The minimum absolute atomic E-state index is 0.575. The number of rotatable bonds is 4. The molecule has 90 valence electrons. The molecule has 0 unspecified atom stereocenters. The minimum Gasteiger partial charge on any atom is -0.341 e. The van der Waals surface area contributed by atoms with Gasteiger partial charge in [0, 0.05) is 0 Å². The molecule has 0 aliphatic rings. The van der Waals surface area contributed by atoms with Crippen molar-refractivity contribution in [2.45, 2.75) is 26.3 Å². The lowest BCUT2D eigenvalue weighted by molar-refractivity contribution is 0.772. The van der Waals surface area contributed by atoms with Crippen LogP contribution in [0.5, 0.6) is 0 Å². The number of H-pyrrole nitrogens is 1. The van der Waals surface area contributed by atoms with E-state index in [1.54, 1.807) is 0 Å². The highest BCUT2D eigenvalue weighted by Gasteiger charge is 2.04. The molecule has 0 saturated carbocycles. The maximum absolute atomic E-state index is 4.32. The summed E-state index contributed by atoms with van der Waals surface area (Å²) in [5.41, 5.74) is 3.62. The van der Waals surface area contributed by atoms with Crippen molar-refractivity contribution >= 4 is 0 Å². The van der Waals surface area contributed by atoms with E-state index >= 15 is 0 Å². The predicted octanol–water partition coefficient (Wildman–Crippen LogP) is 2.92. The van der Waals surface area contributed by atoms with E-state index in [9.17, 15) is 0 Å². The van der Waals surface area contributed by atoms with Crippen LogP contribution in [0, 0.1) is 0 Å². The molecule has 1 aromatic heterocycles. The van der Waals surface area contributed by atoms with Gasteiger partial charge < -0.3 is 10.3 Å². The van der Waals surface area contributed by atoms with E-state index in [2.05, 4.69) is 53.4 Å². The summed E-state index contributed by atoms with van der Waals surface area (Å²) in [7, 11) is 1.92. The standard InChI is InChI=1S/C14H19N3/c1-10(2)11-4-6-12(7-5-11)13-8-16-14(17-13)9-15-3/h4-8,10,15H,9H2,1-3H3,(H,16,17). The van der Waals surface area contributed by atoms with Gasteiger partial charge in [-0.05, 0) is 24.1 Å². The van der Waals surface area contributed by atoms with Crippen LogP contribution in [-0.2, 0) is 6.54 Å². The van der Waals surface area contributed by atoms with E-state index in [1.165, 1.54) is 11.1 Å². The fourth-order valence-corrected chi connectivity index (χ4v) is 1.81. The monoisotopic (exact) mass is 229 g/mol. The van der Waals surface area contributed by atoms with Crippen molar-refractivity contribution in [2.75, 3.05) is 7.05 Å². The Labute approximate surface area is 102 Å². The summed E-state index contributed by atoms with van der Waals surface area (Å²) < 4.78 is 0. The van der Waals surface area contributed by atoms with Crippen LogP contribution in [0.1, 0.15) is 31.2 Å². The van der Waals surface area contributed by atoms with Gasteiger partial charge in [0.2, 0.25) is 0 Å². The summed E-state index contributed by atoms with van der Waals surface area (Å²) in [6, 6.07) is 8.65. The van der Waals surface area contributed by atoms with Gasteiger partial charge in [-0.15, -0.1) is 0 Å². The summed E-state index contributed by atoms with van der Waals surface area (Å²) in [6.07, 6.45) is 1.89. The van der Waals surface area contributed by atoms with Crippen LogP contribution in [0.4, 0.5) is 0 Å². The average Bonchev–Trinajstić information content (AvgIpc) is 2.78. The smallest absolute Gasteiger partial charge is 0.120 e. The first-order valence-corrected chi connectivity index (χ1v) is 5.99. The summed E-state index contributed by atoms with van der Waals surface area (Å²) in [4.78, 5) is 7.63. The summed E-state index contributed by atoms with van der Waals surface area (Å²) in [6.45, 7) is 5.18. The van der Waals surface area contributed by atoms with E-state index in [0.717, 1.165) is 18.1 Å². The Bertz CT molecular complexity index is 468. The second-order valence-corrected chi connectivity index (χ2v) is 4.55. The van der Waals surface area contributed by atoms with Gasteiger partial charge in [-0.1, -0.05) is 38.1 Å². The fourth-order valence-electron chi connectivity index (χ4n) is 1.81. The molecule has 1 heterocycles. The molecule has 2 aromatic rings. The topological polar surface area (TPSA) is 40.7 Å². The molecule has 17 heavy (non-hydrogen) atoms. The molecule has 0 aliphatic carbocycles. The van der Waals surface area contributed by atoms with Crippen molar-refractivity contribution in [3.05, 3.63) is 41.9 Å². The maximum atomic E-state index is 4.32. The number of hydrogen-bond donors (Lipinski definition) is 2. The van der Waals surface area contributed by atoms with Gasteiger partial charge in [0.05, 0.1) is 18.4 Å². The first kappa shape index (κ1) is 11.9. The third-order valence-electron chi connectivity index (χ3n) is 2.86. The highest BCUT2D eigenvalue weighted by atomic mass is 15.0. The molecule has 0 spiro atoms. The SMILES string of the molecule is CNCc1ncc(-c2ccc(C(C)C)cc2)[nH]1. The van der Waals surface area contributed by atoms with Gasteiger partial charge in [-0.2, -0.15) is 0 Å². The van der Waals surface area contributed by atoms with Crippen molar-refractivity contribution < 1.29 is 0 Å². The van der Waals surface area contributed by atoms with Crippen LogP contribution in [0.15, 0.2) is 30.5 Å². The average molecular weight is 229 g/mol. The van der Waals surface area contributed by atoms with Gasteiger partial charge in [0.25, 0.3) is 0 Å². The molecule has 0 fully saturated rings. The summed E-state index contributed by atoms with van der Waals surface area (Å²) in [5, 5.41) is 3.08. The Morgan fingerprint density at radius 3 is 2.53 bits per heavy atom. The quantitative estimate of drug-likeness (QED) is 0.846. The third kappa shape index (κ3) is 2.74. The number of nitrogens with zero attached hydrogens (tertiary/aromatic N) is 1. The molecule has 0 atom stereocenters. The summed E-state index contributed by atoms with van der Waals surface area (Å²) in [5.74, 6) is 1.54. The molecule has 0 radical (unpaired) electrons. The van der Waals surface area contributed by atoms with E-state index in [1.807, 2.05) is 13.2 Å². The Balaban J connectivity index is 2.21. The molecule has 0 amide bonds. The van der Waals surface area contributed by atoms with Gasteiger partial charge >= 0.3 is 0 Å². The molecule has 2 rings (SSSR count). The number of benzene rings is 1. The number of imidazole rings is 1. The molecule has 0 aliphatic heterocycles. The van der Waals surface area contributed by atoms with Crippen LogP contribution in [0.25, 0.3) is 11.3 Å². The lowest BCUT2D eigenvalue weighted by Gasteiger charge is -2.05. The minimum atomic E-state index is 0.575. The van der Waals surface area contributed by atoms with E-state index < -0.39 is 0 Å². The van der Waals surface area contributed by atoms with Crippen LogP contribution < -0.4 is 5.32 Å². The van der Waals surface area contributed by atoms with Crippen molar-refractivity contribution in [1.82, 2.24) is 15.3 Å². The molecule has 3 nitrogen and oxygen atoms in total. The lowest BCUT2D eigenvalue weighted by Crippen LogP contribution is -2.06.